The molecule has 1 aromatic heterocycles. The van der Waals surface area contributed by atoms with Crippen LogP contribution in [0.4, 0.5) is 13.2 Å². The number of nitrogens with zero attached hydrogens (tertiary/aromatic N) is 2. The van der Waals surface area contributed by atoms with Crippen molar-refractivity contribution in [2.75, 3.05) is 11.6 Å². The minimum absolute atomic E-state index is 0.104. The smallest absolute Gasteiger partial charge is 0.236 e. The molecule has 0 amide bonds. The van der Waals surface area contributed by atoms with Crippen molar-refractivity contribution in [3.05, 3.63) is 23.4 Å². The van der Waals surface area contributed by atoms with E-state index in [1.165, 1.54) is 0 Å². The van der Waals surface area contributed by atoms with E-state index in [-0.39, 0.29) is 10.6 Å². The molecule has 0 unspecified atom stereocenters. The van der Waals surface area contributed by atoms with Crippen molar-refractivity contribution in [1.82, 2.24) is 4.98 Å². The minimum atomic E-state index is -4.49. The molecule has 0 aliphatic carbocycles. The first-order valence-corrected chi connectivity index (χ1v) is 6.18. The molecule has 0 atom stereocenters. The summed E-state index contributed by atoms with van der Waals surface area (Å²) in [4.78, 5) is 3.46. The molecular weight excluding hydrogens is 273 g/mol. The van der Waals surface area contributed by atoms with E-state index in [2.05, 4.69) is 4.98 Å². The molecule has 0 aliphatic rings. The van der Waals surface area contributed by atoms with E-state index in [0.29, 0.717) is 18.1 Å². The predicted octanol–water partition coefficient (Wildman–Crippen LogP) is 3.69. The highest BCUT2D eigenvalue weighted by Crippen LogP contribution is 2.30. The average molecular weight is 281 g/mol. The van der Waals surface area contributed by atoms with Gasteiger partial charge in [-0.2, -0.15) is 18.4 Å². The number of hydrogen-bond acceptors (Lipinski definition) is 3. The van der Waals surface area contributed by atoms with Gasteiger partial charge < -0.3 is 0 Å². The van der Waals surface area contributed by atoms with Gasteiger partial charge in [-0.15, -0.1) is 23.4 Å². The van der Waals surface area contributed by atoms with E-state index >= 15 is 0 Å². The Hall–Kier alpha value is -0.930. The summed E-state index contributed by atoms with van der Waals surface area (Å²) >= 11 is 6.57. The van der Waals surface area contributed by atoms with Crippen LogP contribution in [0.2, 0.25) is 0 Å². The van der Waals surface area contributed by atoms with Gasteiger partial charge in [0, 0.05) is 11.6 Å². The van der Waals surface area contributed by atoms with Crippen LogP contribution in [0.15, 0.2) is 17.2 Å². The van der Waals surface area contributed by atoms with Crippen LogP contribution in [0.1, 0.15) is 17.7 Å². The second-order valence-electron chi connectivity index (χ2n) is 3.05. The van der Waals surface area contributed by atoms with Gasteiger partial charge in [-0.25, -0.2) is 4.98 Å². The highest BCUT2D eigenvalue weighted by atomic mass is 35.5. The van der Waals surface area contributed by atoms with Gasteiger partial charge in [-0.3, -0.25) is 0 Å². The fraction of sp³-hybridized carbons (Fsp3) is 0.400. The van der Waals surface area contributed by atoms with Crippen LogP contribution in [-0.2, 0) is 6.18 Å². The maximum atomic E-state index is 12.4. The molecule has 17 heavy (non-hydrogen) atoms. The Kier molecular flexibility index (Phi) is 5.09. The molecule has 7 heteroatoms. The maximum absolute atomic E-state index is 12.4. The van der Waals surface area contributed by atoms with Crippen LogP contribution < -0.4 is 0 Å². The molecule has 1 aromatic rings. The molecule has 0 radical (unpaired) electrons. The zero-order valence-corrected chi connectivity index (χ0v) is 10.2. The van der Waals surface area contributed by atoms with E-state index < -0.39 is 11.9 Å². The summed E-state index contributed by atoms with van der Waals surface area (Å²) in [6, 6.07) is 3.76. The molecule has 2 nitrogen and oxygen atoms in total. The topological polar surface area (TPSA) is 36.7 Å². The molecule has 0 fully saturated rings. The summed E-state index contributed by atoms with van der Waals surface area (Å²) in [6.07, 6.45) is -3.84. The number of rotatable bonds is 4. The zero-order chi connectivity index (χ0) is 12.9. The maximum Gasteiger partial charge on any atom is 0.433 e. The summed E-state index contributed by atoms with van der Waals surface area (Å²) in [5, 5.41) is 8.86. The Bertz CT molecular complexity index is 429. The third kappa shape index (κ3) is 4.10. The molecule has 0 N–H and O–H groups in total. The second-order valence-corrected chi connectivity index (χ2v) is 4.51. The summed E-state index contributed by atoms with van der Waals surface area (Å²) < 4.78 is 37.2. The van der Waals surface area contributed by atoms with Crippen LogP contribution in [-0.4, -0.2) is 16.6 Å². The molecular formula is C10H8ClF3N2S. The highest BCUT2D eigenvalue weighted by molar-refractivity contribution is 7.99. The zero-order valence-electron chi connectivity index (χ0n) is 8.59. The van der Waals surface area contributed by atoms with Gasteiger partial charge in [0.05, 0.1) is 5.56 Å². The molecule has 0 aromatic carbocycles. The van der Waals surface area contributed by atoms with Crippen LogP contribution in [0, 0.1) is 11.3 Å². The van der Waals surface area contributed by atoms with Gasteiger partial charge in [0.15, 0.2) is 0 Å². The van der Waals surface area contributed by atoms with Crippen molar-refractivity contribution in [2.24, 2.45) is 0 Å². The lowest BCUT2D eigenvalue weighted by Gasteiger charge is -2.08. The van der Waals surface area contributed by atoms with Crippen molar-refractivity contribution in [1.29, 1.82) is 5.26 Å². The summed E-state index contributed by atoms with van der Waals surface area (Å²) in [7, 11) is 0. The Labute approximate surface area is 106 Å². The third-order valence-corrected chi connectivity index (χ3v) is 3.13. The van der Waals surface area contributed by atoms with Crippen LogP contribution in [0.3, 0.4) is 0 Å². The first-order chi connectivity index (χ1) is 7.99. The summed E-state index contributed by atoms with van der Waals surface area (Å²) in [5.41, 5.74) is -0.831. The Morgan fingerprint density at radius 1 is 1.41 bits per heavy atom. The molecule has 1 heterocycles. The van der Waals surface area contributed by atoms with E-state index in [9.17, 15) is 13.2 Å². The van der Waals surface area contributed by atoms with E-state index in [4.69, 9.17) is 16.9 Å². The number of halogens is 4. The summed E-state index contributed by atoms with van der Waals surface area (Å²) in [6.45, 7) is 0. The van der Waals surface area contributed by atoms with Crippen molar-refractivity contribution < 1.29 is 13.2 Å². The van der Waals surface area contributed by atoms with Gasteiger partial charge in [-0.05, 0) is 18.6 Å². The Morgan fingerprint density at radius 2 is 2.12 bits per heavy atom. The summed E-state index contributed by atoms with van der Waals surface area (Å²) in [5.74, 6) is 0.959. The quantitative estimate of drug-likeness (QED) is 0.479. The van der Waals surface area contributed by atoms with Crippen molar-refractivity contribution in [3.63, 3.8) is 0 Å². The van der Waals surface area contributed by atoms with Crippen LogP contribution in [0.5, 0.6) is 0 Å². The number of thioether (sulfide) groups is 1. The van der Waals surface area contributed by atoms with Crippen LogP contribution in [0.25, 0.3) is 0 Å². The van der Waals surface area contributed by atoms with Gasteiger partial charge in [0.25, 0.3) is 0 Å². The lowest BCUT2D eigenvalue weighted by atomic mass is 10.2. The van der Waals surface area contributed by atoms with Gasteiger partial charge >= 0.3 is 6.18 Å². The number of hydrogen-bond donors (Lipinski definition) is 0. The normalized spacial score (nSPS) is 11.2. The van der Waals surface area contributed by atoms with Gasteiger partial charge in [0.2, 0.25) is 0 Å². The standard InChI is InChI=1S/C10H8ClF3N2S/c11-4-1-5-17-9-7(6-15)2-3-8(16-9)10(12,13)14/h2-3H,1,4-5H2. The molecule has 0 aliphatic heterocycles. The number of nitriles is 1. The number of alkyl halides is 4. The van der Waals surface area contributed by atoms with Crippen molar-refractivity contribution in [3.8, 4) is 6.07 Å². The lowest BCUT2D eigenvalue weighted by molar-refractivity contribution is -0.141. The largest absolute Gasteiger partial charge is 0.433 e. The monoisotopic (exact) mass is 280 g/mol. The fourth-order valence-electron chi connectivity index (χ4n) is 1.02. The Balaban J connectivity index is 2.96. The van der Waals surface area contributed by atoms with Crippen molar-refractivity contribution >= 4 is 23.4 Å². The van der Waals surface area contributed by atoms with E-state index in [1.807, 2.05) is 6.07 Å². The fourth-order valence-corrected chi connectivity index (χ4v) is 2.22. The first kappa shape index (κ1) is 14.1. The van der Waals surface area contributed by atoms with E-state index in [1.54, 1.807) is 0 Å². The molecule has 0 saturated carbocycles. The van der Waals surface area contributed by atoms with Gasteiger partial charge in [-0.1, -0.05) is 0 Å². The van der Waals surface area contributed by atoms with Crippen molar-refractivity contribution in [2.45, 2.75) is 17.6 Å². The lowest BCUT2D eigenvalue weighted by Crippen LogP contribution is -2.09. The molecule has 0 spiro atoms. The Morgan fingerprint density at radius 3 is 2.65 bits per heavy atom. The van der Waals surface area contributed by atoms with Crippen LogP contribution >= 0.6 is 23.4 Å². The van der Waals surface area contributed by atoms with E-state index in [0.717, 1.165) is 23.9 Å². The number of aromatic nitrogens is 1. The molecule has 92 valence electrons. The minimum Gasteiger partial charge on any atom is -0.236 e. The average Bonchev–Trinajstić information content (AvgIpc) is 2.28. The highest BCUT2D eigenvalue weighted by Gasteiger charge is 2.33. The number of pyridine rings is 1. The second kappa shape index (κ2) is 6.12. The predicted molar refractivity (Wildman–Crippen MR) is 60.0 cm³/mol. The third-order valence-electron chi connectivity index (χ3n) is 1.79. The molecule has 1 rings (SSSR count). The SMILES string of the molecule is N#Cc1ccc(C(F)(F)F)nc1SCCCCl. The first-order valence-electron chi connectivity index (χ1n) is 4.66. The van der Waals surface area contributed by atoms with Gasteiger partial charge in [0.1, 0.15) is 16.8 Å². The molecule has 0 saturated heterocycles. The molecule has 0 bridgehead atoms.